The lowest BCUT2D eigenvalue weighted by Gasteiger charge is -2.30. The molecule has 0 bridgehead atoms. The zero-order valence-electron chi connectivity index (χ0n) is 6.46. The molecule has 0 spiro atoms. The molecule has 1 heterocycles. The van der Waals surface area contributed by atoms with Crippen LogP contribution in [0.4, 0.5) is 4.79 Å². The molecule has 1 fully saturated rings. The predicted molar refractivity (Wildman–Crippen MR) is 44.3 cm³/mol. The molecule has 0 N–H and O–H groups in total. The minimum Gasteiger partial charge on any atom is -0.333 e. The highest BCUT2D eigenvalue weighted by Crippen LogP contribution is 2.18. The van der Waals surface area contributed by atoms with Crippen molar-refractivity contribution in [2.24, 2.45) is 0 Å². The second-order valence-corrected chi connectivity index (χ2v) is 4.30. The summed E-state index contributed by atoms with van der Waals surface area (Å²) < 4.78 is 0. The number of carbonyl (C=O) groups is 1. The van der Waals surface area contributed by atoms with E-state index < -0.39 is 0 Å². The average Bonchev–Trinajstić information content (AvgIpc) is 1.55. The number of nitrogens with zero attached hydrogens (tertiary/aromatic N) is 1. The van der Waals surface area contributed by atoms with Gasteiger partial charge in [-0.1, -0.05) is 25.6 Å². The van der Waals surface area contributed by atoms with Crippen LogP contribution >= 0.6 is 11.8 Å². The van der Waals surface area contributed by atoms with E-state index in [1.165, 1.54) is 18.2 Å². The fourth-order valence-corrected chi connectivity index (χ4v) is 1.51. The van der Waals surface area contributed by atoms with Crippen molar-refractivity contribution in [3.8, 4) is 0 Å². The maximum Gasteiger partial charge on any atom is 0.281 e. The Morgan fingerprint density at radius 3 is 2.40 bits per heavy atom. The van der Waals surface area contributed by atoms with Crippen LogP contribution in [0.3, 0.4) is 0 Å². The molecule has 0 atom stereocenters. The van der Waals surface area contributed by atoms with Crippen LogP contribution in [0.5, 0.6) is 0 Å². The SMILES string of the molecule is CC(C)SC(=O)N1CCC1. The van der Waals surface area contributed by atoms with Gasteiger partial charge in [0.05, 0.1) is 0 Å². The number of rotatable bonds is 1. The van der Waals surface area contributed by atoms with Crippen LogP contribution in [-0.2, 0) is 0 Å². The first kappa shape index (κ1) is 7.92. The van der Waals surface area contributed by atoms with Gasteiger partial charge in [-0.05, 0) is 6.42 Å². The number of carbonyl (C=O) groups excluding carboxylic acids is 1. The Hall–Kier alpha value is -0.180. The molecule has 0 aliphatic carbocycles. The normalized spacial score (nSPS) is 17.3. The summed E-state index contributed by atoms with van der Waals surface area (Å²) in [6.45, 7) is 6.03. The monoisotopic (exact) mass is 159 g/mol. The molecule has 0 aromatic carbocycles. The van der Waals surface area contributed by atoms with E-state index in [0.29, 0.717) is 5.25 Å². The molecule has 1 saturated heterocycles. The second kappa shape index (κ2) is 3.28. The van der Waals surface area contributed by atoms with E-state index in [1.807, 2.05) is 18.7 Å². The van der Waals surface area contributed by atoms with E-state index in [0.717, 1.165) is 13.1 Å². The molecule has 10 heavy (non-hydrogen) atoms. The van der Waals surface area contributed by atoms with Crippen molar-refractivity contribution in [3.05, 3.63) is 0 Å². The van der Waals surface area contributed by atoms with Gasteiger partial charge in [0.2, 0.25) is 0 Å². The van der Waals surface area contributed by atoms with E-state index in [2.05, 4.69) is 0 Å². The first-order valence-electron chi connectivity index (χ1n) is 3.65. The topological polar surface area (TPSA) is 20.3 Å². The van der Waals surface area contributed by atoms with Gasteiger partial charge in [0.15, 0.2) is 0 Å². The largest absolute Gasteiger partial charge is 0.333 e. The van der Waals surface area contributed by atoms with Crippen LogP contribution < -0.4 is 0 Å². The maximum absolute atomic E-state index is 11.1. The van der Waals surface area contributed by atoms with Gasteiger partial charge in [-0.2, -0.15) is 0 Å². The van der Waals surface area contributed by atoms with Crippen molar-refractivity contribution >= 4 is 17.0 Å². The summed E-state index contributed by atoms with van der Waals surface area (Å²) in [5, 5.41) is 0.675. The molecule has 1 aliphatic heterocycles. The van der Waals surface area contributed by atoms with E-state index in [1.54, 1.807) is 0 Å². The van der Waals surface area contributed by atoms with Crippen molar-refractivity contribution in [1.82, 2.24) is 4.90 Å². The summed E-state index contributed by atoms with van der Waals surface area (Å²) in [7, 11) is 0. The number of likely N-dealkylation sites (tertiary alicyclic amines) is 1. The summed E-state index contributed by atoms with van der Waals surface area (Å²) in [6, 6.07) is 0. The van der Waals surface area contributed by atoms with E-state index >= 15 is 0 Å². The number of hydrogen-bond donors (Lipinski definition) is 0. The Bertz CT molecular complexity index is 132. The third-order valence-electron chi connectivity index (χ3n) is 1.45. The van der Waals surface area contributed by atoms with Gasteiger partial charge in [0, 0.05) is 18.3 Å². The van der Waals surface area contributed by atoms with Crippen molar-refractivity contribution in [3.63, 3.8) is 0 Å². The third-order valence-corrected chi connectivity index (χ3v) is 2.38. The molecular weight excluding hydrogens is 146 g/mol. The zero-order chi connectivity index (χ0) is 7.56. The molecule has 1 amide bonds. The zero-order valence-corrected chi connectivity index (χ0v) is 7.28. The molecule has 0 unspecified atom stereocenters. The fraction of sp³-hybridized carbons (Fsp3) is 0.857. The molecular formula is C7H13NOS. The maximum atomic E-state index is 11.1. The second-order valence-electron chi connectivity index (χ2n) is 2.77. The molecule has 1 rings (SSSR count). The van der Waals surface area contributed by atoms with Gasteiger partial charge >= 0.3 is 0 Å². The molecule has 0 aromatic heterocycles. The molecule has 1 aliphatic rings. The molecule has 0 saturated carbocycles. The summed E-state index contributed by atoms with van der Waals surface area (Å²) in [5.74, 6) is 0. The van der Waals surface area contributed by atoms with Crippen molar-refractivity contribution < 1.29 is 4.79 Å². The Balaban J connectivity index is 2.20. The summed E-state index contributed by atoms with van der Waals surface area (Å²) in [4.78, 5) is 13.0. The van der Waals surface area contributed by atoms with Crippen LogP contribution in [0.1, 0.15) is 20.3 Å². The molecule has 0 aromatic rings. The van der Waals surface area contributed by atoms with Crippen LogP contribution in [-0.4, -0.2) is 28.5 Å². The highest BCUT2D eigenvalue weighted by Gasteiger charge is 2.20. The Labute approximate surface area is 66.0 Å². The molecule has 58 valence electrons. The Morgan fingerprint density at radius 2 is 2.10 bits per heavy atom. The van der Waals surface area contributed by atoms with E-state index in [-0.39, 0.29) is 5.24 Å². The first-order valence-corrected chi connectivity index (χ1v) is 4.53. The van der Waals surface area contributed by atoms with Crippen molar-refractivity contribution in [1.29, 1.82) is 0 Å². The van der Waals surface area contributed by atoms with Crippen LogP contribution in [0.2, 0.25) is 0 Å². The van der Waals surface area contributed by atoms with Gasteiger partial charge in [-0.15, -0.1) is 0 Å². The van der Waals surface area contributed by atoms with Gasteiger partial charge < -0.3 is 4.90 Å². The third kappa shape index (κ3) is 1.90. The lowest BCUT2D eigenvalue weighted by atomic mass is 10.2. The van der Waals surface area contributed by atoms with Gasteiger partial charge in [-0.3, -0.25) is 4.79 Å². The summed E-state index contributed by atoms with van der Waals surface area (Å²) >= 11 is 1.43. The Morgan fingerprint density at radius 1 is 1.50 bits per heavy atom. The van der Waals surface area contributed by atoms with Crippen LogP contribution in [0.15, 0.2) is 0 Å². The van der Waals surface area contributed by atoms with E-state index in [9.17, 15) is 4.79 Å². The van der Waals surface area contributed by atoms with Crippen LogP contribution in [0.25, 0.3) is 0 Å². The van der Waals surface area contributed by atoms with Gasteiger partial charge in [0.1, 0.15) is 0 Å². The molecule has 2 nitrogen and oxygen atoms in total. The summed E-state index contributed by atoms with van der Waals surface area (Å²) in [5.41, 5.74) is 0. The minimum atomic E-state index is 0.251. The predicted octanol–water partition coefficient (Wildman–Crippen LogP) is 1.95. The molecule has 0 radical (unpaired) electrons. The Kier molecular flexibility index (Phi) is 2.60. The highest BCUT2D eigenvalue weighted by molar-refractivity contribution is 8.14. The minimum absolute atomic E-state index is 0.251. The van der Waals surface area contributed by atoms with Gasteiger partial charge in [0.25, 0.3) is 5.24 Å². The van der Waals surface area contributed by atoms with Gasteiger partial charge in [-0.25, -0.2) is 0 Å². The highest BCUT2D eigenvalue weighted by atomic mass is 32.2. The average molecular weight is 159 g/mol. The summed E-state index contributed by atoms with van der Waals surface area (Å²) in [6.07, 6.45) is 1.18. The smallest absolute Gasteiger partial charge is 0.281 e. The number of thioether (sulfide) groups is 1. The standard InChI is InChI=1S/C7H13NOS/c1-6(2)10-7(9)8-4-3-5-8/h6H,3-5H2,1-2H3. The van der Waals surface area contributed by atoms with Crippen molar-refractivity contribution in [2.45, 2.75) is 25.5 Å². The fourth-order valence-electron chi connectivity index (χ4n) is 0.775. The lowest BCUT2D eigenvalue weighted by molar-refractivity contribution is 0.192. The lowest BCUT2D eigenvalue weighted by Crippen LogP contribution is -2.40. The van der Waals surface area contributed by atoms with Crippen molar-refractivity contribution in [2.75, 3.05) is 13.1 Å². The number of amides is 1. The van der Waals surface area contributed by atoms with E-state index in [4.69, 9.17) is 0 Å². The first-order chi connectivity index (χ1) is 4.70. The molecule has 3 heteroatoms. The quantitative estimate of drug-likeness (QED) is 0.583. The van der Waals surface area contributed by atoms with Crippen LogP contribution in [0, 0.1) is 0 Å². The number of hydrogen-bond acceptors (Lipinski definition) is 2.